The van der Waals surface area contributed by atoms with E-state index in [1.165, 1.54) is 11.2 Å². The van der Waals surface area contributed by atoms with Crippen LogP contribution in [0, 0.1) is 0 Å². The molecular weight excluding hydrogens is 330 g/mol. The molecule has 1 aliphatic rings. The first-order chi connectivity index (χ1) is 11.7. The Kier molecular flexibility index (Phi) is 5.37. The summed E-state index contributed by atoms with van der Waals surface area (Å²) in [5.74, 6) is 0.259. The number of aromatic nitrogens is 4. The Morgan fingerprint density at radius 3 is 2.75 bits per heavy atom. The number of hydrazone groups is 1. The summed E-state index contributed by atoms with van der Waals surface area (Å²) in [5.41, 5.74) is 3.28. The largest absolute Gasteiger partial charge is 0.338 e. The lowest BCUT2D eigenvalue weighted by Crippen LogP contribution is -2.30. The zero-order valence-corrected chi connectivity index (χ0v) is 13.9. The Bertz CT molecular complexity index is 707. The van der Waals surface area contributed by atoms with Crippen LogP contribution in [-0.2, 0) is 11.3 Å². The summed E-state index contributed by atoms with van der Waals surface area (Å²) in [5, 5.41) is 16.7. The van der Waals surface area contributed by atoms with Crippen molar-refractivity contribution in [1.82, 2.24) is 25.6 Å². The van der Waals surface area contributed by atoms with Gasteiger partial charge in [0, 0.05) is 18.1 Å². The summed E-state index contributed by atoms with van der Waals surface area (Å²) in [6, 6.07) is 7.13. The molecule has 0 spiro atoms. The molecule has 1 aliphatic heterocycles. The SMILES string of the molecule is O=C(Cn1nnc(N2CCCCC2)n1)N/N=C/c1ccc(Cl)cc1. The van der Waals surface area contributed by atoms with Gasteiger partial charge in [0.25, 0.3) is 11.9 Å². The lowest BCUT2D eigenvalue weighted by molar-refractivity contribution is -0.122. The summed E-state index contributed by atoms with van der Waals surface area (Å²) in [4.78, 5) is 15.2. The number of carbonyl (C=O) groups excluding carboxylic acids is 1. The van der Waals surface area contributed by atoms with E-state index in [9.17, 15) is 4.79 Å². The Labute approximate surface area is 144 Å². The second-order valence-corrected chi connectivity index (χ2v) is 5.95. The number of halogens is 1. The van der Waals surface area contributed by atoms with E-state index in [1.54, 1.807) is 18.3 Å². The summed E-state index contributed by atoms with van der Waals surface area (Å²) in [7, 11) is 0. The van der Waals surface area contributed by atoms with Crippen LogP contribution >= 0.6 is 11.6 Å². The maximum absolute atomic E-state index is 11.9. The highest BCUT2D eigenvalue weighted by molar-refractivity contribution is 6.30. The van der Waals surface area contributed by atoms with Gasteiger partial charge in [-0.1, -0.05) is 28.8 Å². The number of carbonyl (C=O) groups is 1. The number of anilines is 1. The number of hydrogen-bond donors (Lipinski definition) is 1. The number of benzene rings is 1. The first-order valence-electron chi connectivity index (χ1n) is 7.81. The maximum atomic E-state index is 11.9. The van der Waals surface area contributed by atoms with Gasteiger partial charge in [-0.3, -0.25) is 4.79 Å². The number of amides is 1. The highest BCUT2D eigenvalue weighted by Gasteiger charge is 2.16. The standard InChI is InChI=1S/C15H18ClN7O/c16-13-6-4-12(5-7-13)10-17-18-14(24)11-23-20-15(19-21-23)22-8-2-1-3-9-22/h4-7,10H,1-3,8-9,11H2,(H,18,24)/b17-10+. The molecule has 0 saturated carbocycles. The van der Waals surface area contributed by atoms with Crippen molar-refractivity contribution in [3.8, 4) is 0 Å². The number of rotatable bonds is 5. The minimum Gasteiger partial charge on any atom is -0.338 e. The van der Waals surface area contributed by atoms with Gasteiger partial charge in [-0.2, -0.15) is 9.90 Å². The fourth-order valence-corrected chi connectivity index (χ4v) is 2.54. The third kappa shape index (κ3) is 4.51. The first-order valence-corrected chi connectivity index (χ1v) is 8.19. The predicted octanol–water partition coefficient (Wildman–Crippen LogP) is 1.47. The fourth-order valence-electron chi connectivity index (χ4n) is 2.41. The van der Waals surface area contributed by atoms with Gasteiger partial charge >= 0.3 is 0 Å². The summed E-state index contributed by atoms with van der Waals surface area (Å²) in [6.45, 7) is 1.84. The maximum Gasteiger partial charge on any atom is 0.266 e. The molecule has 0 bridgehead atoms. The second-order valence-electron chi connectivity index (χ2n) is 5.51. The van der Waals surface area contributed by atoms with E-state index in [0.29, 0.717) is 11.0 Å². The molecule has 24 heavy (non-hydrogen) atoms. The molecule has 126 valence electrons. The molecule has 0 aliphatic carbocycles. The van der Waals surface area contributed by atoms with Gasteiger partial charge in [0.1, 0.15) is 6.54 Å². The Morgan fingerprint density at radius 1 is 1.25 bits per heavy atom. The van der Waals surface area contributed by atoms with E-state index in [1.807, 2.05) is 12.1 Å². The van der Waals surface area contributed by atoms with Crippen LogP contribution in [0.2, 0.25) is 5.02 Å². The van der Waals surface area contributed by atoms with E-state index in [4.69, 9.17) is 11.6 Å². The molecule has 1 aromatic carbocycles. The average Bonchev–Trinajstić information content (AvgIpc) is 3.06. The van der Waals surface area contributed by atoms with Crippen LogP contribution in [0.15, 0.2) is 29.4 Å². The molecular formula is C15H18ClN7O. The molecule has 2 heterocycles. The van der Waals surface area contributed by atoms with Crippen molar-refractivity contribution in [1.29, 1.82) is 0 Å². The molecule has 1 amide bonds. The third-order valence-electron chi connectivity index (χ3n) is 3.64. The zero-order chi connectivity index (χ0) is 16.8. The molecule has 1 aromatic heterocycles. The molecule has 0 atom stereocenters. The van der Waals surface area contributed by atoms with Crippen LogP contribution in [-0.4, -0.2) is 45.4 Å². The first kappa shape index (κ1) is 16.4. The topological polar surface area (TPSA) is 88.3 Å². The van der Waals surface area contributed by atoms with Crippen molar-refractivity contribution in [3.05, 3.63) is 34.9 Å². The summed E-state index contributed by atoms with van der Waals surface area (Å²) < 4.78 is 0. The molecule has 9 heteroatoms. The monoisotopic (exact) mass is 347 g/mol. The average molecular weight is 348 g/mol. The van der Waals surface area contributed by atoms with Crippen molar-refractivity contribution in [2.75, 3.05) is 18.0 Å². The highest BCUT2D eigenvalue weighted by Crippen LogP contribution is 2.13. The van der Waals surface area contributed by atoms with Crippen LogP contribution in [0.3, 0.4) is 0 Å². The van der Waals surface area contributed by atoms with E-state index in [2.05, 4.69) is 30.8 Å². The van der Waals surface area contributed by atoms with Crippen LogP contribution in [0.1, 0.15) is 24.8 Å². The van der Waals surface area contributed by atoms with Gasteiger partial charge < -0.3 is 4.90 Å². The van der Waals surface area contributed by atoms with Crippen molar-refractivity contribution in [3.63, 3.8) is 0 Å². The van der Waals surface area contributed by atoms with Gasteiger partial charge in [0.05, 0.1) is 6.21 Å². The molecule has 1 fully saturated rings. The van der Waals surface area contributed by atoms with Crippen molar-refractivity contribution >= 4 is 29.7 Å². The summed E-state index contributed by atoms with van der Waals surface area (Å²) >= 11 is 5.80. The second kappa shape index (κ2) is 7.87. The molecule has 2 aromatic rings. The van der Waals surface area contributed by atoms with Gasteiger partial charge in [-0.15, -0.1) is 5.10 Å². The van der Waals surface area contributed by atoms with Gasteiger partial charge in [-0.05, 0) is 42.2 Å². The van der Waals surface area contributed by atoms with Crippen molar-refractivity contribution < 1.29 is 4.79 Å². The van der Waals surface area contributed by atoms with Crippen LogP contribution in [0.4, 0.5) is 5.95 Å². The van der Waals surface area contributed by atoms with Gasteiger partial charge in [0.2, 0.25) is 0 Å². The van der Waals surface area contributed by atoms with Gasteiger partial charge in [-0.25, -0.2) is 5.43 Å². The Hall–Kier alpha value is -2.48. The minimum atomic E-state index is -0.317. The molecule has 3 rings (SSSR count). The molecule has 1 saturated heterocycles. The van der Waals surface area contributed by atoms with E-state index < -0.39 is 0 Å². The molecule has 0 unspecified atom stereocenters. The van der Waals surface area contributed by atoms with E-state index >= 15 is 0 Å². The smallest absolute Gasteiger partial charge is 0.266 e. The lowest BCUT2D eigenvalue weighted by Gasteiger charge is -2.24. The van der Waals surface area contributed by atoms with Crippen LogP contribution < -0.4 is 10.3 Å². The normalized spacial score (nSPS) is 15.0. The van der Waals surface area contributed by atoms with Crippen molar-refractivity contribution in [2.24, 2.45) is 5.10 Å². The molecule has 1 N–H and O–H groups in total. The number of nitrogens with zero attached hydrogens (tertiary/aromatic N) is 6. The fraction of sp³-hybridized carbons (Fsp3) is 0.400. The minimum absolute atomic E-state index is 0.0290. The van der Waals surface area contributed by atoms with Gasteiger partial charge in [0.15, 0.2) is 0 Å². The quantitative estimate of drug-likeness (QED) is 0.653. The van der Waals surface area contributed by atoms with Crippen molar-refractivity contribution in [2.45, 2.75) is 25.8 Å². The Balaban J connectivity index is 1.49. The number of hydrogen-bond acceptors (Lipinski definition) is 6. The number of nitrogens with one attached hydrogen (secondary N) is 1. The lowest BCUT2D eigenvalue weighted by atomic mass is 10.1. The molecule has 0 radical (unpaired) electrons. The third-order valence-corrected chi connectivity index (χ3v) is 3.89. The van der Waals surface area contributed by atoms with E-state index in [-0.39, 0.29) is 12.5 Å². The predicted molar refractivity (Wildman–Crippen MR) is 91.1 cm³/mol. The van der Waals surface area contributed by atoms with Crippen LogP contribution in [0.5, 0.6) is 0 Å². The summed E-state index contributed by atoms with van der Waals surface area (Å²) in [6.07, 6.45) is 5.05. The number of piperidine rings is 1. The van der Waals surface area contributed by atoms with E-state index in [0.717, 1.165) is 31.5 Å². The zero-order valence-electron chi connectivity index (χ0n) is 13.1. The Morgan fingerprint density at radius 2 is 2.00 bits per heavy atom. The van der Waals surface area contributed by atoms with Crippen LogP contribution in [0.25, 0.3) is 0 Å². The number of tetrazole rings is 1. The highest BCUT2D eigenvalue weighted by atomic mass is 35.5. The molecule has 8 nitrogen and oxygen atoms in total.